The molecule has 1 heterocycles. The predicted octanol–water partition coefficient (Wildman–Crippen LogP) is 6.07. The van der Waals surface area contributed by atoms with Gasteiger partial charge in [-0.05, 0) is 18.2 Å². The number of halogens is 1. The summed E-state index contributed by atoms with van der Waals surface area (Å²) in [6.45, 7) is 0. The first kappa shape index (κ1) is 19.3. The summed E-state index contributed by atoms with van der Waals surface area (Å²) in [6.07, 6.45) is 0. The molecule has 0 radical (unpaired) electrons. The van der Waals surface area contributed by atoms with E-state index in [2.05, 4.69) is 15.8 Å². The average Bonchev–Trinajstić information content (AvgIpc) is 3.14. The molecule has 1 aromatic heterocycles. The Morgan fingerprint density at radius 2 is 1.42 bits per heavy atom. The van der Waals surface area contributed by atoms with E-state index in [1.54, 1.807) is 18.2 Å². The normalized spacial score (nSPS) is 11.8. The largest absolute Gasteiger partial charge is 0.354 e. The molecule has 0 aliphatic heterocycles. The Bertz CT molecular complexity index is 1520. The third-order valence-electron chi connectivity index (χ3n) is 5.33. The quantitative estimate of drug-likeness (QED) is 0.356. The average molecular weight is 431 g/mol. The van der Waals surface area contributed by atoms with Crippen LogP contribution in [0.4, 0.5) is 10.1 Å². The van der Waals surface area contributed by atoms with Crippen LogP contribution in [0.5, 0.6) is 0 Å². The third-order valence-corrected chi connectivity index (χ3v) is 6.55. The molecule has 31 heavy (non-hydrogen) atoms. The Balaban J connectivity index is 1.58. The molecule has 0 amide bonds. The van der Waals surface area contributed by atoms with Crippen LogP contribution in [-0.4, -0.2) is 13.4 Å². The van der Waals surface area contributed by atoms with Crippen molar-refractivity contribution in [1.82, 2.24) is 4.98 Å². The summed E-state index contributed by atoms with van der Waals surface area (Å²) in [5.41, 5.74) is 4.16. The summed E-state index contributed by atoms with van der Waals surface area (Å²) < 4.78 is 42.3. The monoisotopic (exact) mass is 430 g/mol. The standard InChI is InChI=1S/C25H19FN2O2S/c26-22-13-4-1-8-17(22)16-31(29,30)28-24-15-6-3-10-19(24)21-12-7-11-20-18-9-2-5-14-23(18)27-25(20)21/h1-15,27-28H,16H2. The van der Waals surface area contributed by atoms with E-state index in [-0.39, 0.29) is 5.56 Å². The summed E-state index contributed by atoms with van der Waals surface area (Å²) in [4.78, 5) is 3.46. The lowest BCUT2D eigenvalue weighted by Crippen LogP contribution is -2.16. The first-order valence-electron chi connectivity index (χ1n) is 9.84. The van der Waals surface area contributed by atoms with Crippen LogP contribution < -0.4 is 4.72 Å². The molecule has 0 atom stereocenters. The maximum atomic E-state index is 14.0. The lowest BCUT2D eigenvalue weighted by Gasteiger charge is -2.14. The summed E-state index contributed by atoms with van der Waals surface area (Å²) >= 11 is 0. The van der Waals surface area contributed by atoms with Gasteiger partial charge in [0.15, 0.2) is 0 Å². The van der Waals surface area contributed by atoms with Crippen molar-refractivity contribution >= 4 is 37.5 Å². The van der Waals surface area contributed by atoms with Crippen molar-refractivity contribution in [2.24, 2.45) is 0 Å². The zero-order chi connectivity index (χ0) is 21.4. The molecular weight excluding hydrogens is 411 g/mol. The van der Waals surface area contributed by atoms with E-state index in [4.69, 9.17) is 0 Å². The number of anilines is 1. The minimum absolute atomic E-state index is 0.130. The van der Waals surface area contributed by atoms with E-state index in [0.29, 0.717) is 5.69 Å². The fraction of sp³-hybridized carbons (Fsp3) is 0.0400. The maximum Gasteiger partial charge on any atom is 0.237 e. The zero-order valence-corrected chi connectivity index (χ0v) is 17.3. The van der Waals surface area contributed by atoms with Gasteiger partial charge in [0.2, 0.25) is 10.0 Å². The number of hydrogen-bond donors (Lipinski definition) is 2. The smallest absolute Gasteiger partial charge is 0.237 e. The SMILES string of the molecule is O=S(=O)(Cc1ccccc1F)Nc1ccccc1-c1cccc2c1[nH]c1ccccc12. The van der Waals surface area contributed by atoms with Gasteiger partial charge >= 0.3 is 0 Å². The number of aromatic amines is 1. The molecular formula is C25H19FN2O2S. The maximum absolute atomic E-state index is 14.0. The lowest BCUT2D eigenvalue weighted by atomic mass is 10.0. The first-order valence-corrected chi connectivity index (χ1v) is 11.5. The van der Waals surface area contributed by atoms with Crippen molar-refractivity contribution < 1.29 is 12.8 Å². The molecule has 0 saturated heterocycles. The number of rotatable bonds is 5. The highest BCUT2D eigenvalue weighted by molar-refractivity contribution is 7.91. The van der Waals surface area contributed by atoms with Crippen molar-refractivity contribution in [3.05, 3.63) is 102 Å². The minimum Gasteiger partial charge on any atom is -0.354 e. The summed E-state index contributed by atoms with van der Waals surface area (Å²) in [5.74, 6) is -0.978. The number of H-pyrrole nitrogens is 1. The van der Waals surface area contributed by atoms with Gasteiger partial charge in [-0.15, -0.1) is 0 Å². The molecule has 154 valence electrons. The molecule has 4 aromatic carbocycles. The molecule has 0 unspecified atom stereocenters. The van der Waals surface area contributed by atoms with Gasteiger partial charge in [0.05, 0.1) is 17.0 Å². The van der Waals surface area contributed by atoms with Crippen molar-refractivity contribution in [2.75, 3.05) is 4.72 Å². The van der Waals surface area contributed by atoms with Crippen LogP contribution in [-0.2, 0) is 15.8 Å². The Morgan fingerprint density at radius 3 is 2.29 bits per heavy atom. The molecule has 0 bridgehead atoms. The number of para-hydroxylation sites is 3. The van der Waals surface area contributed by atoms with Crippen LogP contribution in [0.3, 0.4) is 0 Å². The number of aromatic nitrogens is 1. The van der Waals surface area contributed by atoms with Crippen LogP contribution in [0, 0.1) is 5.82 Å². The van der Waals surface area contributed by atoms with Gasteiger partial charge in [0.25, 0.3) is 0 Å². The van der Waals surface area contributed by atoms with Crippen molar-refractivity contribution in [3.8, 4) is 11.1 Å². The number of sulfonamides is 1. The van der Waals surface area contributed by atoms with Gasteiger partial charge in [-0.2, -0.15) is 0 Å². The Morgan fingerprint density at radius 1 is 0.742 bits per heavy atom. The second-order valence-corrected chi connectivity index (χ2v) is 9.12. The minimum atomic E-state index is -3.82. The molecule has 6 heteroatoms. The molecule has 5 aromatic rings. The van der Waals surface area contributed by atoms with Gasteiger partial charge in [-0.3, -0.25) is 4.72 Å². The number of hydrogen-bond acceptors (Lipinski definition) is 2. The van der Waals surface area contributed by atoms with Crippen LogP contribution in [0.1, 0.15) is 5.56 Å². The zero-order valence-electron chi connectivity index (χ0n) is 16.5. The molecule has 2 N–H and O–H groups in total. The molecule has 0 saturated carbocycles. The summed E-state index contributed by atoms with van der Waals surface area (Å²) in [5, 5.41) is 2.18. The number of nitrogens with one attached hydrogen (secondary N) is 2. The lowest BCUT2D eigenvalue weighted by molar-refractivity contribution is 0.591. The van der Waals surface area contributed by atoms with Crippen molar-refractivity contribution in [1.29, 1.82) is 0 Å². The molecule has 0 spiro atoms. The van der Waals surface area contributed by atoms with Crippen LogP contribution >= 0.6 is 0 Å². The topological polar surface area (TPSA) is 62.0 Å². The van der Waals surface area contributed by atoms with E-state index in [0.717, 1.165) is 32.9 Å². The second-order valence-electron chi connectivity index (χ2n) is 7.40. The summed E-state index contributed by atoms with van der Waals surface area (Å²) in [7, 11) is -3.82. The number of fused-ring (bicyclic) bond motifs is 3. The second kappa shape index (κ2) is 7.56. The molecule has 0 aliphatic carbocycles. The first-order chi connectivity index (χ1) is 15.0. The van der Waals surface area contributed by atoms with Crippen LogP contribution in [0.25, 0.3) is 32.9 Å². The highest BCUT2D eigenvalue weighted by Crippen LogP contribution is 2.36. The van der Waals surface area contributed by atoms with Gasteiger partial charge in [0.1, 0.15) is 5.82 Å². The van der Waals surface area contributed by atoms with E-state index < -0.39 is 21.6 Å². The Hall–Kier alpha value is -3.64. The highest BCUT2D eigenvalue weighted by Gasteiger charge is 2.18. The van der Waals surface area contributed by atoms with Gasteiger partial charge in [-0.1, -0.05) is 72.8 Å². The van der Waals surface area contributed by atoms with Crippen molar-refractivity contribution in [3.63, 3.8) is 0 Å². The van der Waals surface area contributed by atoms with Crippen LogP contribution in [0.2, 0.25) is 0 Å². The van der Waals surface area contributed by atoms with Crippen LogP contribution in [0.15, 0.2) is 91.0 Å². The third kappa shape index (κ3) is 3.66. The fourth-order valence-corrected chi connectivity index (χ4v) is 5.16. The van der Waals surface area contributed by atoms with E-state index in [9.17, 15) is 12.8 Å². The molecule has 5 rings (SSSR count). The highest BCUT2D eigenvalue weighted by atomic mass is 32.2. The van der Waals surface area contributed by atoms with E-state index in [1.165, 1.54) is 18.2 Å². The number of benzene rings is 4. The van der Waals surface area contributed by atoms with Crippen molar-refractivity contribution in [2.45, 2.75) is 5.75 Å². The Labute approximate surface area is 179 Å². The van der Waals surface area contributed by atoms with Gasteiger partial charge < -0.3 is 4.98 Å². The molecule has 0 aliphatic rings. The van der Waals surface area contributed by atoms with E-state index in [1.807, 2.05) is 48.5 Å². The van der Waals surface area contributed by atoms with Gasteiger partial charge in [-0.25, -0.2) is 12.8 Å². The predicted molar refractivity (Wildman–Crippen MR) is 124 cm³/mol. The fourth-order valence-electron chi connectivity index (χ4n) is 3.93. The summed E-state index contributed by atoms with van der Waals surface area (Å²) in [6, 6.07) is 27.1. The molecule has 0 fully saturated rings. The molecule has 4 nitrogen and oxygen atoms in total. The van der Waals surface area contributed by atoms with E-state index >= 15 is 0 Å². The Kier molecular flexibility index (Phi) is 4.71. The van der Waals surface area contributed by atoms with Gasteiger partial charge in [0, 0.05) is 33.0 Å².